The second kappa shape index (κ2) is 19.0. The van der Waals surface area contributed by atoms with E-state index in [-0.39, 0.29) is 35.1 Å². The molecule has 326 valence electrons. The van der Waals surface area contributed by atoms with Gasteiger partial charge in [0.2, 0.25) is 0 Å². The number of rotatable bonds is 13. The minimum absolute atomic E-state index is 0.00762. The van der Waals surface area contributed by atoms with Crippen molar-refractivity contribution in [1.29, 1.82) is 0 Å². The van der Waals surface area contributed by atoms with Gasteiger partial charge < -0.3 is 24.8 Å². The van der Waals surface area contributed by atoms with Crippen molar-refractivity contribution < 1.29 is 59.9 Å². The molecule has 3 fully saturated rings. The minimum Gasteiger partial charge on any atom is -0.427 e. The van der Waals surface area contributed by atoms with Gasteiger partial charge in [-0.1, -0.05) is 51.2 Å². The van der Waals surface area contributed by atoms with Crippen LogP contribution in [0.5, 0.6) is 5.75 Å². The van der Waals surface area contributed by atoms with Crippen LogP contribution in [0.25, 0.3) is 11.2 Å². The van der Waals surface area contributed by atoms with Crippen LogP contribution in [0.15, 0.2) is 58.8 Å². The van der Waals surface area contributed by atoms with E-state index in [1.807, 2.05) is 4.98 Å². The number of unbranched alkanes of at least 4 members (excludes halogenated alkanes) is 5. The molecule has 4 N–H and O–H groups in total. The van der Waals surface area contributed by atoms with Gasteiger partial charge in [0.05, 0.1) is 19.5 Å². The van der Waals surface area contributed by atoms with Crippen molar-refractivity contribution in [2.75, 3.05) is 18.9 Å². The van der Waals surface area contributed by atoms with E-state index in [2.05, 4.69) is 21.9 Å². The number of carbonyl (C=O) groups is 1. The second-order valence-corrected chi connectivity index (χ2v) is 19.6. The summed E-state index contributed by atoms with van der Waals surface area (Å²) in [6, 6.07) is 7.26. The number of nitrogen functional groups attached to an aromatic ring is 1. The summed E-state index contributed by atoms with van der Waals surface area (Å²) in [5, 5.41) is 0. The van der Waals surface area contributed by atoms with Gasteiger partial charge in [-0.15, -0.1) is 0 Å². The van der Waals surface area contributed by atoms with E-state index >= 15 is 8.78 Å². The summed E-state index contributed by atoms with van der Waals surface area (Å²) in [6.07, 6.45) is -5.34. The van der Waals surface area contributed by atoms with Crippen LogP contribution in [0.4, 0.5) is 14.6 Å². The van der Waals surface area contributed by atoms with E-state index in [9.17, 15) is 28.4 Å². The summed E-state index contributed by atoms with van der Waals surface area (Å²) in [5.74, 6) is -0.180. The van der Waals surface area contributed by atoms with Crippen LogP contribution >= 0.6 is 26.0 Å². The van der Waals surface area contributed by atoms with Crippen molar-refractivity contribution >= 4 is 49.0 Å². The van der Waals surface area contributed by atoms with E-state index in [0.717, 1.165) is 55.3 Å². The molecule has 3 saturated heterocycles. The first-order valence-electron chi connectivity index (χ1n) is 19.1. The highest BCUT2D eigenvalue weighted by molar-refractivity contribution is 8.54. The van der Waals surface area contributed by atoms with Crippen LogP contribution in [0.1, 0.15) is 69.9 Å². The largest absolute Gasteiger partial charge is 0.472 e. The monoisotopic (exact) mass is 901 g/mol. The average molecular weight is 902 g/mol. The standard InChI is InChI=1S/C35H43F2N7O13P2S/c1-2-3-4-5-6-7-8-25(46)53-21-11-9-20(10-12-21)17-60-59(50)52-15-22-26(36)30(34(54-22)43-14-13-24(45)42-35(43)47)56-58(48,49)51-16-23-29(57-59)27(37)33(55-23)44-19-41-28-31(38)39-18-40-32(28)44/h9-14,18-19,22-23,26-27,29-30,33-34H,2-8,15-17H2,1H3,(H,48,49)(H2,38,39,40)(H,42,45,47)/t22-,23-,26-,27-,29-,30-,33-,34-,59?/m1/s1. The predicted molar refractivity (Wildman–Crippen MR) is 209 cm³/mol. The zero-order valence-electron chi connectivity index (χ0n) is 32.0. The first-order chi connectivity index (χ1) is 28.7. The molecule has 25 heteroatoms. The smallest absolute Gasteiger partial charge is 0.427 e. The third-order valence-electron chi connectivity index (χ3n) is 9.90. The summed E-state index contributed by atoms with van der Waals surface area (Å²) in [6.45, 7) is -4.27. The van der Waals surface area contributed by atoms with Crippen LogP contribution in [0, 0.1) is 0 Å². The van der Waals surface area contributed by atoms with Crippen LogP contribution in [-0.4, -0.2) is 89.9 Å². The molecule has 10 atom stereocenters. The molecule has 0 saturated carbocycles. The molecular weight excluding hydrogens is 858 g/mol. The number of carbonyl (C=O) groups excluding carboxylic acids is 1. The number of halogens is 2. The molecule has 6 heterocycles. The Bertz CT molecular complexity index is 2360. The number of hydrogen-bond donors (Lipinski definition) is 3. The molecule has 3 aromatic heterocycles. The number of nitrogens with two attached hydrogens (primary N) is 1. The summed E-state index contributed by atoms with van der Waals surface area (Å²) >= 11 is 0.606. The Labute approximate surface area is 344 Å². The van der Waals surface area contributed by atoms with Gasteiger partial charge in [-0.05, 0) is 35.5 Å². The fraction of sp³-hybridized carbons (Fsp3) is 0.543. The number of benzene rings is 1. The molecule has 0 aliphatic carbocycles. The van der Waals surface area contributed by atoms with Crippen LogP contribution < -0.4 is 21.7 Å². The topological polar surface area (TPSA) is 261 Å². The molecule has 0 radical (unpaired) electrons. The number of aromatic nitrogens is 6. The van der Waals surface area contributed by atoms with Crippen LogP contribution in [0.3, 0.4) is 0 Å². The SMILES string of the molecule is CCCCCCCCC(=O)Oc1ccc(CSP2(=O)OC[C@H]3O[C@@H](n4ccc(=O)[nH]c4=O)[C@H](OP(=O)(O)OC[C@H]4O[C@@H](n5cnc6c(N)ncnc65)[C@H](F)[C@@H]4O2)[C@@H]3F)cc1. The fourth-order valence-electron chi connectivity index (χ4n) is 6.83. The van der Waals surface area contributed by atoms with E-state index in [0.29, 0.717) is 29.1 Å². The van der Waals surface area contributed by atoms with Crippen molar-refractivity contribution in [2.24, 2.45) is 0 Å². The number of phosphoric acid groups is 1. The Morgan fingerprint density at radius 2 is 1.67 bits per heavy atom. The molecule has 20 nitrogen and oxygen atoms in total. The number of alkyl halides is 2. The third kappa shape index (κ3) is 10.2. The summed E-state index contributed by atoms with van der Waals surface area (Å²) < 4.78 is 102. The van der Waals surface area contributed by atoms with Gasteiger partial charge in [-0.3, -0.25) is 41.8 Å². The number of phosphoric ester groups is 1. The molecule has 3 aliphatic heterocycles. The molecule has 1 aromatic carbocycles. The van der Waals surface area contributed by atoms with Crippen molar-refractivity contribution in [2.45, 2.75) is 107 Å². The summed E-state index contributed by atoms with van der Waals surface area (Å²) in [4.78, 5) is 61.8. The Hall–Kier alpha value is -3.89. The Balaban J connectivity index is 1.13. The number of anilines is 1. The normalized spacial score (nSPS) is 30.9. The molecule has 7 rings (SSSR count). The van der Waals surface area contributed by atoms with Crippen molar-refractivity contribution in [3.63, 3.8) is 0 Å². The fourth-order valence-corrected chi connectivity index (χ4v) is 11.1. The maximum atomic E-state index is 16.7. The first kappa shape index (κ1) is 44.2. The molecule has 2 unspecified atom stereocenters. The van der Waals surface area contributed by atoms with Gasteiger partial charge in [-0.2, -0.15) is 0 Å². The maximum absolute atomic E-state index is 16.7. The Morgan fingerprint density at radius 3 is 2.43 bits per heavy atom. The zero-order chi connectivity index (χ0) is 42.6. The highest BCUT2D eigenvalue weighted by atomic mass is 32.7. The predicted octanol–water partition coefficient (Wildman–Crippen LogP) is 5.04. The molecule has 0 spiro atoms. The van der Waals surface area contributed by atoms with E-state index in [4.69, 9.17) is 38.0 Å². The maximum Gasteiger partial charge on any atom is 0.472 e. The van der Waals surface area contributed by atoms with Crippen molar-refractivity contribution in [1.82, 2.24) is 29.1 Å². The van der Waals surface area contributed by atoms with Gasteiger partial charge >= 0.3 is 26.3 Å². The molecule has 0 amide bonds. The molecule has 3 aliphatic rings. The first-order valence-corrected chi connectivity index (χ1v) is 23.7. The van der Waals surface area contributed by atoms with Gasteiger partial charge in [0, 0.05) is 24.4 Å². The number of aromatic amines is 1. The summed E-state index contributed by atoms with van der Waals surface area (Å²) in [5.41, 5.74) is 4.81. The molecule has 4 aromatic rings. The number of H-pyrrole nitrogens is 1. The van der Waals surface area contributed by atoms with Crippen LogP contribution in [0.2, 0.25) is 0 Å². The number of fused-ring (bicyclic) bond motifs is 4. The number of hydrogen-bond acceptors (Lipinski definition) is 17. The lowest BCUT2D eigenvalue weighted by Crippen LogP contribution is -2.37. The van der Waals surface area contributed by atoms with Crippen molar-refractivity contribution in [3.05, 3.63) is 75.6 Å². The molecule has 2 bridgehead atoms. The van der Waals surface area contributed by atoms with Crippen LogP contribution in [-0.2, 0) is 47.2 Å². The van der Waals surface area contributed by atoms with Gasteiger partial charge in [0.15, 0.2) is 36.3 Å². The molecular formula is C35H43F2N7O13P2S. The van der Waals surface area contributed by atoms with Gasteiger partial charge in [0.1, 0.15) is 42.0 Å². The lowest BCUT2D eigenvalue weighted by molar-refractivity contribution is -0.134. The van der Waals surface area contributed by atoms with E-state index < -0.39 is 88.3 Å². The molecule has 60 heavy (non-hydrogen) atoms. The number of nitrogens with zero attached hydrogens (tertiary/aromatic N) is 5. The van der Waals surface area contributed by atoms with Gasteiger partial charge in [-0.25, -0.2) is 37.7 Å². The Kier molecular flexibility index (Phi) is 14.0. The summed E-state index contributed by atoms with van der Waals surface area (Å²) in [7, 11) is -5.29. The lowest BCUT2D eigenvalue weighted by Gasteiger charge is -2.27. The number of nitrogens with one attached hydrogen (secondary N) is 1. The average Bonchev–Trinajstić information content (AvgIpc) is 3.87. The van der Waals surface area contributed by atoms with E-state index in [1.165, 1.54) is 10.9 Å². The zero-order valence-corrected chi connectivity index (χ0v) is 34.6. The number of esters is 1. The van der Waals surface area contributed by atoms with E-state index in [1.54, 1.807) is 24.3 Å². The highest BCUT2D eigenvalue weighted by Gasteiger charge is 2.55. The Morgan fingerprint density at radius 1 is 0.933 bits per heavy atom. The van der Waals surface area contributed by atoms with Crippen molar-refractivity contribution in [3.8, 4) is 5.75 Å². The third-order valence-corrected chi connectivity index (χ3v) is 14.5. The highest BCUT2D eigenvalue weighted by Crippen LogP contribution is 2.65. The quantitative estimate of drug-likeness (QED) is 0.0686. The lowest BCUT2D eigenvalue weighted by atomic mass is 10.1. The number of imidazole rings is 1. The second-order valence-electron chi connectivity index (χ2n) is 14.2. The van der Waals surface area contributed by atoms with Gasteiger partial charge in [0.25, 0.3) is 5.56 Å². The minimum atomic E-state index is -5.29. The number of ether oxygens (including phenoxy) is 3.